The highest BCUT2D eigenvalue weighted by molar-refractivity contribution is 6.07. The van der Waals surface area contributed by atoms with Crippen molar-refractivity contribution in [1.82, 2.24) is 15.5 Å². The molecule has 33 heavy (non-hydrogen) atoms. The van der Waals surface area contributed by atoms with E-state index < -0.39 is 0 Å². The molecule has 2 atom stereocenters. The first-order valence-electron chi connectivity index (χ1n) is 10.7. The van der Waals surface area contributed by atoms with Gasteiger partial charge in [-0.1, -0.05) is 0 Å². The van der Waals surface area contributed by atoms with E-state index in [0.717, 1.165) is 28.9 Å². The van der Waals surface area contributed by atoms with Crippen molar-refractivity contribution in [3.8, 4) is 0 Å². The van der Waals surface area contributed by atoms with Crippen LogP contribution < -0.4 is 26.6 Å². The normalized spacial score (nSPS) is 20.0. The van der Waals surface area contributed by atoms with Gasteiger partial charge in [0, 0.05) is 39.2 Å². The molecule has 2 aliphatic heterocycles. The number of aliphatic imine (C=N–C) groups is 4. The molecule has 12 nitrogen and oxygen atoms in total. The number of likely N-dealkylation sites (N-methyl/N-ethyl adjacent to an activating group) is 1. The van der Waals surface area contributed by atoms with Gasteiger partial charge in [-0.2, -0.15) is 0 Å². The van der Waals surface area contributed by atoms with E-state index in [4.69, 9.17) is 14.6 Å². The monoisotopic (exact) mass is 454 g/mol. The summed E-state index contributed by atoms with van der Waals surface area (Å²) < 4.78 is 11.1. The molecule has 0 radical (unpaired) electrons. The Morgan fingerprint density at radius 1 is 1.06 bits per heavy atom. The number of nitrogens with one attached hydrogen (secondary N) is 3. The number of anilines is 2. The van der Waals surface area contributed by atoms with E-state index in [1.54, 1.807) is 12.5 Å². The zero-order chi connectivity index (χ0) is 23.5. The number of aryl methyl sites for hydroxylation is 1. The summed E-state index contributed by atoms with van der Waals surface area (Å²) in [4.78, 5) is 21.6. The van der Waals surface area contributed by atoms with Gasteiger partial charge < -0.3 is 29.7 Å². The molecule has 2 unspecified atom stereocenters. The quantitative estimate of drug-likeness (QED) is 0.532. The average Bonchev–Trinajstić information content (AvgIpc) is 3.39. The maximum absolute atomic E-state index is 5.82. The lowest BCUT2D eigenvalue weighted by atomic mass is 10.3. The second-order valence-corrected chi connectivity index (χ2v) is 7.93. The van der Waals surface area contributed by atoms with Crippen LogP contribution in [-0.4, -0.2) is 61.7 Å². The van der Waals surface area contributed by atoms with Crippen LogP contribution in [0.3, 0.4) is 0 Å². The predicted octanol–water partition coefficient (Wildman–Crippen LogP) is 1.48. The molecule has 0 bridgehead atoms. The largest absolute Gasteiger partial charge is 0.467 e. The van der Waals surface area contributed by atoms with Crippen molar-refractivity contribution >= 4 is 35.2 Å². The Labute approximate surface area is 192 Å². The fourth-order valence-electron chi connectivity index (χ4n) is 3.40. The standard InChI is InChI=1S/C21H30N10O2/c1-12-17(7-9-32-12)27-19-24-14(3)25-20(29-19)30(4)8-6-16-10-15(11-33-16)31(5)21-26-13(2)23-18(22)28-21/h7,9-11,13-14H,6,8H2,1-5H3,(H3,22,23,26,28)(H2,24,25,27,29). The van der Waals surface area contributed by atoms with Crippen LogP contribution in [0.25, 0.3) is 0 Å². The molecule has 0 amide bonds. The minimum absolute atomic E-state index is 0.204. The second kappa shape index (κ2) is 9.27. The number of guanidine groups is 4. The highest BCUT2D eigenvalue weighted by atomic mass is 16.3. The number of nitrogens with zero attached hydrogens (tertiary/aromatic N) is 6. The third-order valence-corrected chi connectivity index (χ3v) is 5.24. The van der Waals surface area contributed by atoms with Crippen LogP contribution in [0.1, 0.15) is 25.4 Å². The van der Waals surface area contributed by atoms with E-state index in [1.807, 2.05) is 56.8 Å². The van der Waals surface area contributed by atoms with Gasteiger partial charge in [0.25, 0.3) is 0 Å². The van der Waals surface area contributed by atoms with E-state index in [1.165, 1.54) is 0 Å². The van der Waals surface area contributed by atoms with Crippen LogP contribution in [0.5, 0.6) is 0 Å². The number of furan rings is 2. The lowest BCUT2D eigenvalue weighted by molar-refractivity contribution is 0.441. The van der Waals surface area contributed by atoms with Gasteiger partial charge in [-0.15, -0.1) is 0 Å². The molecule has 2 aliphatic rings. The molecule has 2 aromatic heterocycles. The zero-order valence-corrected chi connectivity index (χ0v) is 19.5. The molecule has 5 N–H and O–H groups in total. The van der Waals surface area contributed by atoms with Crippen LogP contribution in [0.4, 0.5) is 11.4 Å². The molecule has 0 saturated carbocycles. The van der Waals surface area contributed by atoms with E-state index in [0.29, 0.717) is 30.8 Å². The molecular weight excluding hydrogens is 424 g/mol. The van der Waals surface area contributed by atoms with E-state index in [9.17, 15) is 0 Å². The first-order valence-corrected chi connectivity index (χ1v) is 10.7. The molecule has 0 saturated heterocycles. The summed E-state index contributed by atoms with van der Waals surface area (Å²) in [5.41, 5.74) is 7.56. The van der Waals surface area contributed by atoms with Crippen molar-refractivity contribution in [3.05, 3.63) is 36.2 Å². The number of rotatable bonds is 5. The smallest absolute Gasteiger partial charge is 0.207 e. The van der Waals surface area contributed by atoms with Gasteiger partial charge in [0.05, 0.1) is 17.6 Å². The minimum Gasteiger partial charge on any atom is -0.467 e. The fraction of sp³-hybridized carbons (Fsp3) is 0.429. The summed E-state index contributed by atoms with van der Waals surface area (Å²) in [5, 5.41) is 9.48. The molecule has 0 spiro atoms. The SMILES string of the molecule is Cc1occc1NC1=NC(C)N=C(N(C)CCc2cc(N(C)C3=NC(C)N=C(N)N3)co2)N1. The maximum Gasteiger partial charge on any atom is 0.207 e. The lowest BCUT2D eigenvalue weighted by Crippen LogP contribution is -2.48. The second-order valence-electron chi connectivity index (χ2n) is 7.93. The van der Waals surface area contributed by atoms with E-state index in [-0.39, 0.29) is 12.3 Å². The van der Waals surface area contributed by atoms with Crippen LogP contribution in [0, 0.1) is 6.92 Å². The highest BCUT2D eigenvalue weighted by Gasteiger charge is 2.20. The van der Waals surface area contributed by atoms with Crippen LogP contribution >= 0.6 is 0 Å². The topological polar surface area (TPSA) is 144 Å². The van der Waals surface area contributed by atoms with Crippen molar-refractivity contribution in [3.63, 3.8) is 0 Å². The summed E-state index contributed by atoms with van der Waals surface area (Å²) in [7, 11) is 3.88. The van der Waals surface area contributed by atoms with Gasteiger partial charge in [-0.25, -0.2) is 20.0 Å². The molecule has 176 valence electrons. The summed E-state index contributed by atoms with van der Waals surface area (Å²) in [5.74, 6) is 3.97. The molecule has 4 heterocycles. The number of hydrogen-bond donors (Lipinski definition) is 4. The van der Waals surface area contributed by atoms with Gasteiger partial charge in [0.1, 0.15) is 30.1 Å². The number of nitrogens with two attached hydrogens (primary N) is 1. The molecule has 12 heteroatoms. The minimum atomic E-state index is -0.227. The Kier molecular flexibility index (Phi) is 6.24. The third-order valence-electron chi connectivity index (χ3n) is 5.24. The first kappa shape index (κ1) is 22.2. The Hall–Kier alpha value is -3.96. The third kappa shape index (κ3) is 5.27. The Bertz CT molecular complexity index is 1110. The average molecular weight is 455 g/mol. The molecule has 0 fully saturated rings. The Morgan fingerprint density at radius 2 is 1.82 bits per heavy atom. The van der Waals surface area contributed by atoms with Gasteiger partial charge in [0.2, 0.25) is 17.9 Å². The van der Waals surface area contributed by atoms with Crippen molar-refractivity contribution in [1.29, 1.82) is 0 Å². The summed E-state index contributed by atoms with van der Waals surface area (Å²) >= 11 is 0. The van der Waals surface area contributed by atoms with Gasteiger partial charge in [-0.05, 0) is 20.8 Å². The fourth-order valence-corrected chi connectivity index (χ4v) is 3.40. The van der Waals surface area contributed by atoms with Crippen LogP contribution in [-0.2, 0) is 6.42 Å². The van der Waals surface area contributed by atoms with Crippen LogP contribution in [0.15, 0.2) is 53.5 Å². The molecule has 2 aromatic rings. The zero-order valence-electron chi connectivity index (χ0n) is 19.5. The summed E-state index contributed by atoms with van der Waals surface area (Å²) in [6.45, 7) is 6.41. The van der Waals surface area contributed by atoms with Gasteiger partial charge in [-0.3, -0.25) is 10.6 Å². The Morgan fingerprint density at radius 3 is 2.55 bits per heavy atom. The first-order chi connectivity index (χ1) is 15.8. The molecule has 0 aliphatic carbocycles. The maximum atomic E-state index is 5.82. The van der Waals surface area contributed by atoms with E-state index >= 15 is 0 Å². The van der Waals surface area contributed by atoms with Crippen molar-refractivity contribution < 1.29 is 8.83 Å². The molecule has 0 aromatic carbocycles. The summed E-state index contributed by atoms with van der Waals surface area (Å²) in [6, 6.07) is 3.85. The van der Waals surface area contributed by atoms with Gasteiger partial charge in [0.15, 0.2) is 5.96 Å². The van der Waals surface area contributed by atoms with Crippen LogP contribution in [0.2, 0.25) is 0 Å². The van der Waals surface area contributed by atoms with E-state index in [2.05, 4.69) is 35.9 Å². The highest BCUT2D eigenvalue weighted by Crippen LogP contribution is 2.19. The van der Waals surface area contributed by atoms with Crippen molar-refractivity contribution in [2.75, 3.05) is 30.9 Å². The molecule has 4 rings (SSSR count). The number of hydrogen-bond acceptors (Lipinski definition) is 12. The predicted molar refractivity (Wildman–Crippen MR) is 130 cm³/mol. The van der Waals surface area contributed by atoms with Gasteiger partial charge >= 0.3 is 0 Å². The summed E-state index contributed by atoms with van der Waals surface area (Å²) in [6.07, 6.45) is 3.60. The Balaban J connectivity index is 1.33. The molecular formula is C21H30N10O2. The van der Waals surface area contributed by atoms with Crippen molar-refractivity contribution in [2.45, 2.75) is 39.5 Å². The lowest BCUT2D eigenvalue weighted by Gasteiger charge is -2.26. The van der Waals surface area contributed by atoms with Crippen molar-refractivity contribution in [2.24, 2.45) is 25.7 Å².